The number of carbonyl (C=O) groups excluding carboxylic acids is 1. The molecule has 2 aromatic rings. The van der Waals surface area contributed by atoms with Crippen molar-refractivity contribution in [3.05, 3.63) is 40.6 Å². The summed E-state index contributed by atoms with van der Waals surface area (Å²) in [6.07, 6.45) is 0.774. The number of amides is 1. The molecule has 0 atom stereocenters. The van der Waals surface area contributed by atoms with Gasteiger partial charge in [0.15, 0.2) is 0 Å². The van der Waals surface area contributed by atoms with Crippen molar-refractivity contribution >= 4 is 28.4 Å². The number of carboxylic acid groups (broad SMARTS) is 1. The molecule has 0 fully saturated rings. The Morgan fingerprint density at radius 1 is 1.43 bits per heavy atom. The van der Waals surface area contributed by atoms with E-state index < -0.39 is 5.97 Å². The first kappa shape index (κ1) is 13.6. The number of nitrogens with zero attached hydrogens (tertiary/aromatic N) is 1. The zero-order chi connectivity index (χ0) is 15.0. The average Bonchev–Trinajstić information content (AvgIpc) is 3.04. The van der Waals surface area contributed by atoms with Crippen molar-refractivity contribution < 1.29 is 19.4 Å². The fourth-order valence-electron chi connectivity index (χ4n) is 2.21. The number of aromatic nitrogens is 1. The smallest absolute Gasteiger partial charge is 0.340 e. The van der Waals surface area contributed by atoms with Crippen LogP contribution in [0.2, 0.25) is 0 Å². The Bertz CT molecular complexity index is 739. The van der Waals surface area contributed by atoms with Gasteiger partial charge in [0.05, 0.1) is 12.3 Å². The molecule has 7 heteroatoms. The first-order valence-corrected chi connectivity index (χ1v) is 7.10. The lowest BCUT2D eigenvalue weighted by Crippen LogP contribution is -2.13. The SMILES string of the molecule is Cc1nsc(NC(=O)c2ccc3c(c2)CCO3)c1C(=O)O. The van der Waals surface area contributed by atoms with Crippen molar-refractivity contribution in [1.82, 2.24) is 4.37 Å². The van der Waals surface area contributed by atoms with Gasteiger partial charge in [0.25, 0.3) is 5.91 Å². The molecule has 1 aromatic heterocycles. The Kier molecular flexibility index (Phi) is 3.34. The third kappa shape index (κ3) is 2.47. The first-order chi connectivity index (χ1) is 10.1. The summed E-state index contributed by atoms with van der Waals surface area (Å²) in [5.74, 6) is -0.652. The summed E-state index contributed by atoms with van der Waals surface area (Å²) in [7, 11) is 0. The lowest BCUT2D eigenvalue weighted by Gasteiger charge is -2.05. The van der Waals surface area contributed by atoms with E-state index in [1.807, 2.05) is 0 Å². The van der Waals surface area contributed by atoms with Gasteiger partial charge in [0.2, 0.25) is 0 Å². The number of anilines is 1. The van der Waals surface area contributed by atoms with Crippen molar-refractivity contribution in [3.63, 3.8) is 0 Å². The number of carbonyl (C=O) groups is 2. The van der Waals surface area contributed by atoms with E-state index in [0.29, 0.717) is 17.9 Å². The maximum absolute atomic E-state index is 12.2. The molecule has 1 aliphatic heterocycles. The van der Waals surface area contributed by atoms with E-state index in [0.717, 1.165) is 29.3 Å². The topological polar surface area (TPSA) is 88.5 Å². The number of ether oxygens (including phenoxy) is 1. The lowest BCUT2D eigenvalue weighted by molar-refractivity contribution is 0.0697. The Morgan fingerprint density at radius 2 is 2.24 bits per heavy atom. The number of hydrogen-bond acceptors (Lipinski definition) is 5. The molecular weight excluding hydrogens is 292 g/mol. The molecule has 0 saturated heterocycles. The van der Waals surface area contributed by atoms with Gasteiger partial charge in [-0.25, -0.2) is 4.79 Å². The molecule has 2 heterocycles. The van der Waals surface area contributed by atoms with Gasteiger partial charge in [0, 0.05) is 12.0 Å². The number of fused-ring (bicyclic) bond motifs is 1. The monoisotopic (exact) mass is 304 g/mol. The Balaban J connectivity index is 1.85. The van der Waals surface area contributed by atoms with Crippen molar-refractivity contribution in [2.75, 3.05) is 11.9 Å². The van der Waals surface area contributed by atoms with E-state index in [1.54, 1.807) is 25.1 Å². The standard InChI is InChI=1S/C14H12N2O4S/c1-7-11(14(18)19)13(21-16-7)15-12(17)9-2-3-10-8(6-9)4-5-20-10/h2-3,6H,4-5H2,1H3,(H,15,17)(H,18,19). The van der Waals surface area contributed by atoms with Crippen LogP contribution in [0.5, 0.6) is 5.75 Å². The number of benzene rings is 1. The number of aryl methyl sites for hydroxylation is 1. The molecule has 0 spiro atoms. The second-order valence-electron chi connectivity index (χ2n) is 4.65. The number of hydrogen-bond donors (Lipinski definition) is 2. The van der Waals surface area contributed by atoms with E-state index in [2.05, 4.69) is 9.69 Å². The van der Waals surface area contributed by atoms with Crippen molar-refractivity contribution in [1.29, 1.82) is 0 Å². The highest BCUT2D eigenvalue weighted by atomic mass is 32.1. The molecular formula is C14H12N2O4S. The molecule has 0 radical (unpaired) electrons. The highest BCUT2D eigenvalue weighted by molar-refractivity contribution is 7.11. The van der Waals surface area contributed by atoms with Crippen molar-refractivity contribution in [2.24, 2.45) is 0 Å². The van der Waals surface area contributed by atoms with E-state index in [-0.39, 0.29) is 16.5 Å². The van der Waals surface area contributed by atoms with Crippen LogP contribution in [0, 0.1) is 6.92 Å². The third-order valence-corrected chi connectivity index (χ3v) is 4.11. The number of rotatable bonds is 3. The zero-order valence-electron chi connectivity index (χ0n) is 11.2. The van der Waals surface area contributed by atoms with Crippen molar-refractivity contribution in [3.8, 4) is 5.75 Å². The third-order valence-electron chi connectivity index (χ3n) is 3.26. The van der Waals surface area contributed by atoms with Crippen LogP contribution in [0.1, 0.15) is 32.0 Å². The molecule has 6 nitrogen and oxygen atoms in total. The quantitative estimate of drug-likeness (QED) is 0.908. The van der Waals surface area contributed by atoms with Gasteiger partial charge >= 0.3 is 5.97 Å². The highest BCUT2D eigenvalue weighted by Gasteiger charge is 2.21. The minimum atomic E-state index is -1.10. The fraction of sp³-hybridized carbons (Fsp3) is 0.214. The van der Waals surface area contributed by atoms with E-state index in [4.69, 9.17) is 9.84 Å². The predicted molar refractivity (Wildman–Crippen MR) is 77.4 cm³/mol. The van der Waals surface area contributed by atoms with Gasteiger partial charge in [-0.3, -0.25) is 4.79 Å². The molecule has 0 saturated carbocycles. The second-order valence-corrected chi connectivity index (χ2v) is 5.43. The molecule has 0 aliphatic carbocycles. The minimum Gasteiger partial charge on any atom is -0.493 e. The summed E-state index contributed by atoms with van der Waals surface area (Å²) in [5, 5.41) is 12.0. The summed E-state index contributed by atoms with van der Waals surface area (Å²) in [6, 6.07) is 5.19. The van der Waals surface area contributed by atoms with Gasteiger partial charge in [0.1, 0.15) is 16.3 Å². The van der Waals surface area contributed by atoms with Crippen LogP contribution >= 0.6 is 11.5 Å². The Hall–Kier alpha value is -2.41. The molecule has 3 rings (SSSR count). The van der Waals surface area contributed by atoms with Crippen LogP contribution in [0.3, 0.4) is 0 Å². The normalized spacial score (nSPS) is 12.6. The molecule has 21 heavy (non-hydrogen) atoms. The summed E-state index contributed by atoms with van der Waals surface area (Å²) < 4.78 is 9.36. The van der Waals surface area contributed by atoms with Gasteiger partial charge in [-0.05, 0) is 42.2 Å². The first-order valence-electron chi connectivity index (χ1n) is 6.33. The van der Waals surface area contributed by atoms with Gasteiger partial charge in [-0.1, -0.05) is 0 Å². The number of carboxylic acids is 1. The molecule has 0 unspecified atom stereocenters. The van der Waals surface area contributed by atoms with E-state index in [9.17, 15) is 9.59 Å². The fourth-order valence-corrected chi connectivity index (χ4v) is 2.99. The lowest BCUT2D eigenvalue weighted by atomic mass is 10.1. The van der Waals surface area contributed by atoms with Crippen molar-refractivity contribution in [2.45, 2.75) is 13.3 Å². The number of aromatic carboxylic acids is 1. The Morgan fingerprint density at radius 3 is 3.00 bits per heavy atom. The van der Waals surface area contributed by atoms with Crippen LogP contribution in [0.15, 0.2) is 18.2 Å². The average molecular weight is 304 g/mol. The molecule has 0 bridgehead atoms. The summed E-state index contributed by atoms with van der Waals surface area (Å²) in [6.45, 7) is 2.22. The highest BCUT2D eigenvalue weighted by Crippen LogP contribution is 2.28. The number of nitrogens with one attached hydrogen (secondary N) is 1. The Labute approximate surface area is 124 Å². The molecule has 1 aliphatic rings. The van der Waals surface area contributed by atoms with Crippen LogP contribution in [0.4, 0.5) is 5.00 Å². The molecule has 2 N–H and O–H groups in total. The second kappa shape index (κ2) is 5.17. The minimum absolute atomic E-state index is 0.0397. The molecule has 1 amide bonds. The van der Waals surface area contributed by atoms with Crippen LogP contribution in [0.25, 0.3) is 0 Å². The van der Waals surface area contributed by atoms with E-state index >= 15 is 0 Å². The van der Waals surface area contributed by atoms with E-state index in [1.165, 1.54) is 0 Å². The maximum Gasteiger partial charge on any atom is 0.340 e. The van der Waals surface area contributed by atoms with Crippen LogP contribution < -0.4 is 10.1 Å². The molecule has 108 valence electrons. The zero-order valence-corrected chi connectivity index (χ0v) is 12.0. The summed E-state index contributed by atoms with van der Waals surface area (Å²) >= 11 is 0.965. The van der Waals surface area contributed by atoms with Gasteiger partial charge in [-0.15, -0.1) is 0 Å². The van der Waals surface area contributed by atoms with Gasteiger partial charge in [-0.2, -0.15) is 4.37 Å². The van der Waals surface area contributed by atoms with Gasteiger partial charge < -0.3 is 15.2 Å². The largest absolute Gasteiger partial charge is 0.493 e. The maximum atomic E-state index is 12.2. The molecule has 1 aromatic carbocycles. The van der Waals surface area contributed by atoms with Crippen LogP contribution in [-0.2, 0) is 6.42 Å². The predicted octanol–water partition coefficient (Wildman–Crippen LogP) is 2.34. The summed E-state index contributed by atoms with van der Waals surface area (Å²) in [5.41, 5.74) is 1.89. The van der Waals surface area contributed by atoms with Crippen LogP contribution in [-0.4, -0.2) is 28.0 Å². The summed E-state index contributed by atoms with van der Waals surface area (Å²) in [4.78, 5) is 23.4.